The van der Waals surface area contributed by atoms with E-state index in [9.17, 15) is 13.2 Å². The number of nitrogens with two attached hydrogens (primary N) is 1. The lowest BCUT2D eigenvalue weighted by Gasteiger charge is -2.20. The molecule has 2 aromatic rings. The molecule has 13 heteroatoms. The summed E-state index contributed by atoms with van der Waals surface area (Å²) in [5.74, 6) is -0.569. The van der Waals surface area contributed by atoms with Crippen LogP contribution in [0.4, 0.5) is 0 Å². The number of halogens is 1. The third kappa shape index (κ3) is 8.11. The van der Waals surface area contributed by atoms with Crippen LogP contribution in [-0.2, 0) is 19.8 Å². The zero-order chi connectivity index (χ0) is 23.7. The van der Waals surface area contributed by atoms with Crippen LogP contribution in [0.5, 0.6) is 11.5 Å². The van der Waals surface area contributed by atoms with E-state index < -0.39 is 22.0 Å². The molecule has 4 N–H and O–H groups in total. The van der Waals surface area contributed by atoms with E-state index in [1.54, 1.807) is 31.2 Å². The average molecular weight is 503 g/mol. The van der Waals surface area contributed by atoms with Crippen molar-refractivity contribution in [2.24, 2.45) is 5.73 Å². The summed E-state index contributed by atoms with van der Waals surface area (Å²) in [5.41, 5.74) is 8.71. The minimum atomic E-state index is -4.05. The van der Waals surface area contributed by atoms with Gasteiger partial charge in [-0.1, -0.05) is 11.2 Å². The molecule has 0 unspecified atom stereocenters. The van der Waals surface area contributed by atoms with E-state index in [0.29, 0.717) is 23.6 Å². The van der Waals surface area contributed by atoms with Crippen LogP contribution in [-0.4, -0.2) is 38.7 Å². The quantitative estimate of drug-likeness (QED) is 0.146. The Morgan fingerprint density at radius 1 is 1.25 bits per heavy atom. The Kier molecular flexibility index (Phi) is 9.44. The molecule has 0 spiro atoms. The molecule has 0 radical (unpaired) electrons. The smallest absolute Gasteiger partial charge is 0.339 e. The fourth-order valence-corrected chi connectivity index (χ4v) is 4.06. The molecule has 0 amide bonds. The fraction of sp³-hybridized carbons (Fsp3) is 0.263. The maximum Gasteiger partial charge on any atom is 0.339 e. The van der Waals surface area contributed by atoms with Crippen molar-refractivity contribution < 1.29 is 27.0 Å². The summed E-state index contributed by atoms with van der Waals surface area (Å²) in [5, 5.41) is 8.08. The normalized spacial score (nSPS) is 11.0. The highest BCUT2D eigenvalue weighted by Gasteiger charge is 2.18. The number of nitrogens with one attached hydrogen (secondary N) is 2. The Labute approximate surface area is 195 Å². The van der Waals surface area contributed by atoms with Crippen LogP contribution in [0.2, 0.25) is 0 Å². The number of hydrogen-bond acceptors (Lipinski definition) is 9. The number of guanidine groups is 1. The molecule has 0 bridgehead atoms. The molecule has 2 rings (SSSR count). The molecule has 0 aromatic heterocycles. The van der Waals surface area contributed by atoms with Gasteiger partial charge in [0, 0.05) is 24.4 Å². The van der Waals surface area contributed by atoms with Crippen molar-refractivity contribution in [3.63, 3.8) is 0 Å². The van der Waals surface area contributed by atoms with Gasteiger partial charge in [0.05, 0.1) is 6.61 Å². The van der Waals surface area contributed by atoms with Gasteiger partial charge in [0.2, 0.25) is 5.96 Å². The zero-order valence-electron chi connectivity index (χ0n) is 17.3. The first-order valence-electron chi connectivity index (χ1n) is 9.24. The lowest BCUT2D eigenvalue weighted by Crippen LogP contribution is -2.47. The molecule has 0 saturated carbocycles. The number of carbonyl (C=O) groups is 1. The van der Waals surface area contributed by atoms with Gasteiger partial charge in [-0.2, -0.15) is 13.8 Å². The van der Waals surface area contributed by atoms with Crippen molar-refractivity contribution in [3.05, 3.63) is 48.0 Å². The molecule has 0 saturated heterocycles. The minimum Gasteiger partial charge on any atom is -0.493 e. The van der Waals surface area contributed by atoms with Crippen molar-refractivity contribution in [1.82, 2.24) is 10.6 Å². The number of hydrogen-bond donors (Lipinski definition) is 3. The van der Waals surface area contributed by atoms with Crippen LogP contribution in [0.3, 0.4) is 0 Å². The molecule has 10 nitrogen and oxygen atoms in total. The van der Waals surface area contributed by atoms with Gasteiger partial charge in [0.1, 0.15) is 16.4 Å². The van der Waals surface area contributed by atoms with E-state index in [2.05, 4.69) is 5.43 Å². The molecule has 0 atom stereocenters. The number of rotatable bonds is 10. The number of aryl methyl sites for hydroxylation is 1. The second-order valence-electron chi connectivity index (χ2n) is 6.44. The first-order chi connectivity index (χ1) is 15.1. The van der Waals surface area contributed by atoms with Gasteiger partial charge in [-0.05, 0) is 70.9 Å². The lowest BCUT2D eigenvalue weighted by atomic mass is 10.2. The van der Waals surface area contributed by atoms with Gasteiger partial charge in [-0.15, -0.1) is 0 Å². The van der Waals surface area contributed by atoms with Crippen LogP contribution in [0.15, 0.2) is 52.3 Å². The number of hydroxylamine groups is 1. The van der Waals surface area contributed by atoms with Gasteiger partial charge >= 0.3 is 16.1 Å². The number of ether oxygens (including phenoxy) is 1. The molecule has 0 aliphatic carbocycles. The average Bonchev–Trinajstić information content (AvgIpc) is 2.71. The number of carbonyl (C=O) groups excluding carboxylic acids is 1. The summed E-state index contributed by atoms with van der Waals surface area (Å²) >= 11 is 0. The van der Waals surface area contributed by atoms with Crippen molar-refractivity contribution in [1.29, 1.82) is 5.41 Å². The maximum atomic E-state index is 12.6. The van der Waals surface area contributed by atoms with Crippen molar-refractivity contribution in [3.8, 4) is 11.5 Å². The summed E-state index contributed by atoms with van der Waals surface area (Å²) in [6.07, 6.45) is 0.469. The summed E-state index contributed by atoms with van der Waals surface area (Å²) in [6.45, 7) is 3.52. The second-order valence-corrected chi connectivity index (χ2v) is 9.08. The largest absolute Gasteiger partial charge is 0.493 e. The number of benzene rings is 2. The van der Waals surface area contributed by atoms with Gasteiger partial charge < -0.3 is 19.5 Å². The number of nitrogens with zero attached hydrogens (tertiary/aromatic N) is 1. The van der Waals surface area contributed by atoms with E-state index in [0.717, 1.165) is 21.7 Å². The predicted molar refractivity (Wildman–Crippen MR) is 121 cm³/mol. The van der Waals surface area contributed by atoms with Crippen LogP contribution in [0.1, 0.15) is 18.9 Å². The predicted octanol–water partition coefficient (Wildman–Crippen LogP) is 2.96. The SMILES string of the molecule is CC(=O)ON(NCCCOc1cc(C)cc(OS(=O)(=O)c2cccc(SCl)c2)c1)C(=N)N. The van der Waals surface area contributed by atoms with E-state index in [4.69, 9.17) is 35.6 Å². The topological polar surface area (TPSA) is 144 Å². The van der Waals surface area contributed by atoms with Crippen LogP contribution in [0, 0.1) is 12.3 Å². The molecule has 32 heavy (non-hydrogen) atoms. The summed E-state index contributed by atoms with van der Waals surface area (Å²) in [7, 11) is 2.55. The fourth-order valence-electron chi connectivity index (χ4n) is 2.44. The molecule has 0 aliphatic heterocycles. The lowest BCUT2D eigenvalue weighted by molar-refractivity contribution is -0.180. The Morgan fingerprint density at radius 2 is 1.97 bits per heavy atom. The molecule has 174 valence electrons. The summed E-state index contributed by atoms with van der Waals surface area (Å²) < 4.78 is 36.1. The van der Waals surface area contributed by atoms with Gasteiger partial charge in [-0.25, -0.2) is 4.79 Å². The van der Waals surface area contributed by atoms with E-state index in [1.807, 2.05) is 0 Å². The molecule has 0 heterocycles. The van der Waals surface area contributed by atoms with Crippen molar-refractivity contribution >= 4 is 43.7 Å². The van der Waals surface area contributed by atoms with Crippen LogP contribution < -0.4 is 20.1 Å². The van der Waals surface area contributed by atoms with Gasteiger partial charge in [-0.3, -0.25) is 5.41 Å². The molecule has 0 fully saturated rings. The van der Waals surface area contributed by atoms with Gasteiger partial charge in [0.15, 0.2) is 0 Å². The molecule has 2 aromatic carbocycles. The van der Waals surface area contributed by atoms with Gasteiger partial charge in [0.25, 0.3) is 0 Å². The Bertz CT molecular complexity index is 1070. The monoisotopic (exact) mass is 502 g/mol. The minimum absolute atomic E-state index is 0.0130. The highest BCUT2D eigenvalue weighted by Crippen LogP contribution is 2.28. The van der Waals surface area contributed by atoms with Crippen LogP contribution >= 0.6 is 21.7 Å². The highest BCUT2D eigenvalue weighted by molar-refractivity contribution is 8.21. The maximum absolute atomic E-state index is 12.6. The summed E-state index contributed by atoms with van der Waals surface area (Å²) in [4.78, 5) is 16.3. The standard InChI is InChI=1S/C19H23ClN4O6S2/c1-13-9-15(28-8-4-7-23-24(19(21)22)29-14(2)25)11-16(10-13)30-32(26,27)18-6-3-5-17(12-18)31-20/h3,5-6,9-12,23H,4,7-8H2,1-2H3,(H3,21,22). The van der Waals surface area contributed by atoms with Crippen LogP contribution in [0.25, 0.3) is 0 Å². The third-order valence-electron chi connectivity index (χ3n) is 3.70. The van der Waals surface area contributed by atoms with E-state index >= 15 is 0 Å². The first-order valence-corrected chi connectivity index (χ1v) is 12.3. The number of hydrazine groups is 1. The van der Waals surface area contributed by atoms with Crippen molar-refractivity contribution in [2.45, 2.75) is 30.1 Å². The molecule has 0 aliphatic rings. The first kappa shape index (κ1) is 25.6. The zero-order valence-corrected chi connectivity index (χ0v) is 19.7. The molecular formula is C19H23ClN4O6S2. The van der Waals surface area contributed by atoms with E-state index in [-0.39, 0.29) is 17.3 Å². The molecular weight excluding hydrogens is 480 g/mol. The Balaban J connectivity index is 1.96. The Hall–Kier alpha value is -2.67. The third-order valence-corrected chi connectivity index (χ3v) is 5.91. The second kappa shape index (κ2) is 11.8. The Morgan fingerprint density at radius 3 is 2.62 bits per heavy atom. The van der Waals surface area contributed by atoms with Crippen molar-refractivity contribution in [2.75, 3.05) is 13.2 Å². The highest BCUT2D eigenvalue weighted by atomic mass is 35.7. The summed E-state index contributed by atoms with van der Waals surface area (Å²) in [6, 6.07) is 10.9. The van der Waals surface area contributed by atoms with E-state index in [1.165, 1.54) is 25.1 Å².